The number of sulfonamides is 1. The van der Waals surface area contributed by atoms with Crippen molar-refractivity contribution in [2.24, 2.45) is 0 Å². The number of ether oxygens (including phenoxy) is 1. The molecule has 1 aliphatic heterocycles. The van der Waals surface area contributed by atoms with Gasteiger partial charge in [-0.25, -0.2) is 12.7 Å². The smallest absolute Gasteiger partial charge is 0.249 e. The Morgan fingerprint density at radius 2 is 1.97 bits per heavy atom. The van der Waals surface area contributed by atoms with Crippen LogP contribution in [0.5, 0.6) is 5.75 Å². The molecule has 0 radical (unpaired) electrons. The number of para-hydroxylation sites is 1. The largest absolute Gasteiger partial charge is 0.492 e. The van der Waals surface area contributed by atoms with E-state index in [9.17, 15) is 13.2 Å². The topological polar surface area (TPSA) is 79.0 Å². The van der Waals surface area contributed by atoms with E-state index < -0.39 is 16.1 Å². The number of nitrogens with zero attached hydrogens (tertiary/aromatic N) is 2. The van der Waals surface area contributed by atoms with Crippen LogP contribution in [0.3, 0.4) is 0 Å². The summed E-state index contributed by atoms with van der Waals surface area (Å²) in [6.07, 6.45) is 1.89. The Hall–Kier alpha value is -2.58. The lowest BCUT2D eigenvalue weighted by molar-refractivity contribution is -0.119. The van der Waals surface area contributed by atoms with Crippen LogP contribution in [0.15, 0.2) is 47.4 Å². The van der Waals surface area contributed by atoms with Crippen molar-refractivity contribution >= 4 is 27.3 Å². The minimum Gasteiger partial charge on any atom is -0.492 e. The molecule has 162 valence electrons. The van der Waals surface area contributed by atoms with Crippen molar-refractivity contribution < 1.29 is 17.9 Å². The molecule has 1 N–H and O–H groups in total. The monoisotopic (exact) mass is 431 g/mol. The number of fused-ring (bicyclic) bond motifs is 1. The predicted molar refractivity (Wildman–Crippen MR) is 119 cm³/mol. The van der Waals surface area contributed by atoms with Gasteiger partial charge in [0.2, 0.25) is 15.9 Å². The maximum Gasteiger partial charge on any atom is 0.249 e. The van der Waals surface area contributed by atoms with Crippen LogP contribution in [-0.4, -0.2) is 51.9 Å². The first-order valence-corrected chi connectivity index (χ1v) is 11.5. The van der Waals surface area contributed by atoms with Crippen LogP contribution in [0.1, 0.15) is 25.8 Å². The molecule has 3 rings (SSSR count). The van der Waals surface area contributed by atoms with E-state index in [2.05, 4.69) is 11.4 Å². The molecule has 1 amide bonds. The molecule has 1 heterocycles. The molecular weight excluding hydrogens is 402 g/mol. The highest BCUT2D eigenvalue weighted by atomic mass is 32.2. The molecule has 2 aromatic carbocycles. The molecule has 30 heavy (non-hydrogen) atoms. The van der Waals surface area contributed by atoms with Crippen molar-refractivity contribution in [1.82, 2.24) is 4.31 Å². The van der Waals surface area contributed by atoms with E-state index in [-0.39, 0.29) is 10.8 Å². The summed E-state index contributed by atoms with van der Waals surface area (Å²) in [5.41, 5.74) is 2.67. The Balaban J connectivity index is 1.85. The Bertz CT molecular complexity index is 1020. The van der Waals surface area contributed by atoms with Crippen molar-refractivity contribution in [3.8, 4) is 5.75 Å². The summed E-state index contributed by atoms with van der Waals surface area (Å²) in [5.74, 6) is 0.244. The second kappa shape index (κ2) is 9.06. The average Bonchev–Trinajstić information content (AvgIpc) is 2.73. The molecule has 0 aliphatic carbocycles. The van der Waals surface area contributed by atoms with Gasteiger partial charge in [0.25, 0.3) is 0 Å². The second-order valence-corrected chi connectivity index (χ2v) is 9.59. The number of benzene rings is 2. The maximum atomic E-state index is 13.1. The highest BCUT2D eigenvalue weighted by molar-refractivity contribution is 7.89. The summed E-state index contributed by atoms with van der Waals surface area (Å²) in [6, 6.07) is 12.3. The summed E-state index contributed by atoms with van der Waals surface area (Å²) in [7, 11) is -0.741. The standard InChI is InChI=1S/C22H29N3O4S/c1-5-29-20-13-12-18(15-21(20)30(27,28)24(3)4)23-16(2)22(26)25-14-8-10-17-9-6-7-11-19(17)25/h6-7,9,11-13,15-16,23H,5,8,10,14H2,1-4H3/t16-/m0/s1. The van der Waals surface area contributed by atoms with Crippen LogP contribution < -0.4 is 15.0 Å². The summed E-state index contributed by atoms with van der Waals surface area (Å²) in [6.45, 7) is 4.61. The Morgan fingerprint density at radius 1 is 1.23 bits per heavy atom. The Morgan fingerprint density at radius 3 is 2.67 bits per heavy atom. The van der Waals surface area contributed by atoms with Crippen LogP contribution in [0.25, 0.3) is 0 Å². The predicted octanol–water partition coefficient (Wildman–Crippen LogP) is 3.12. The van der Waals surface area contributed by atoms with Crippen molar-refractivity contribution in [3.05, 3.63) is 48.0 Å². The van der Waals surface area contributed by atoms with Gasteiger partial charge in [-0.05, 0) is 56.5 Å². The molecule has 0 saturated heterocycles. The normalized spacial score (nSPS) is 14.9. The van der Waals surface area contributed by atoms with Crippen LogP contribution >= 0.6 is 0 Å². The zero-order valence-electron chi connectivity index (χ0n) is 17.9. The van der Waals surface area contributed by atoms with Crippen LogP contribution in [0.4, 0.5) is 11.4 Å². The molecule has 0 aromatic heterocycles. The third kappa shape index (κ3) is 4.44. The number of aryl methyl sites for hydroxylation is 1. The third-order valence-corrected chi connectivity index (χ3v) is 6.97. The molecule has 0 bridgehead atoms. The van der Waals surface area contributed by atoms with Gasteiger partial charge in [-0.2, -0.15) is 0 Å². The summed E-state index contributed by atoms with van der Waals surface area (Å²) >= 11 is 0. The molecule has 1 atom stereocenters. The van der Waals surface area contributed by atoms with Gasteiger partial charge in [0.05, 0.1) is 6.61 Å². The average molecular weight is 432 g/mol. The molecular formula is C22H29N3O4S. The van der Waals surface area contributed by atoms with Gasteiger partial charge in [0.15, 0.2) is 0 Å². The van der Waals surface area contributed by atoms with E-state index in [1.54, 1.807) is 26.0 Å². The molecule has 7 nitrogen and oxygen atoms in total. The molecule has 0 unspecified atom stereocenters. The molecule has 1 aliphatic rings. The number of amides is 1. The van der Waals surface area contributed by atoms with Gasteiger partial charge in [-0.1, -0.05) is 18.2 Å². The van der Waals surface area contributed by atoms with Gasteiger partial charge in [0, 0.05) is 32.0 Å². The first-order valence-electron chi connectivity index (χ1n) is 10.1. The Kier molecular flexibility index (Phi) is 6.67. The zero-order valence-corrected chi connectivity index (χ0v) is 18.7. The van der Waals surface area contributed by atoms with Crippen molar-refractivity contribution in [2.45, 2.75) is 37.6 Å². The van der Waals surface area contributed by atoms with Gasteiger partial charge in [-0.3, -0.25) is 4.79 Å². The first kappa shape index (κ1) is 22.1. The number of hydrogen-bond acceptors (Lipinski definition) is 5. The van der Waals surface area contributed by atoms with Crippen LogP contribution in [0.2, 0.25) is 0 Å². The van der Waals surface area contributed by atoms with E-state index >= 15 is 0 Å². The van der Waals surface area contributed by atoms with E-state index in [1.165, 1.54) is 25.7 Å². The molecule has 8 heteroatoms. The van der Waals surface area contributed by atoms with E-state index in [1.807, 2.05) is 23.1 Å². The number of anilines is 2. The third-order valence-electron chi connectivity index (χ3n) is 5.13. The summed E-state index contributed by atoms with van der Waals surface area (Å²) in [5, 5.41) is 3.16. The van der Waals surface area contributed by atoms with Crippen molar-refractivity contribution in [3.63, 3.8) is 0 Å². The fraction of sp³-hybridized carbons (Fsp3) is 0.409. The van der Waals surface area contributed by atoms with Crippen molar-refractivity contribution in [2.75, 3.05) is 37.5 Å². The lowest BCUT2D eigenvalue weighted by atomic mass is 10.0. The van der Waals surface area contributed by atoms with Gasteiger partial charge < -0.3 is 15.0 Å². The molecule has 0 spiro atoms. The fourth-order valence-corrected chi connectivity index (χ4v) is 4.63. The van der Waals surface area contributed by atoms with E-state index in [0.29, 0.717) is 24.6 Å². The molecule has 0 saturated carbocycles. The summed E-state index contributed by atoms with van der Waals surface area (Å²) in [4.78, 5) is 15.0. The summed E-state index contributed by atoms with van der Waals surface area (Å²) < 4.78 is 32.1. The molecule has 2 aromatic rings. The quantitative estimate of drug-likeness (QED) is 0.729. The second-order valence-electron chi connectivity index (χ2n) is 7.47. The number of hydrogen-bond donors (Lipinski definition) is 1. The SMILES string of the molecule is CCOc1ccc(N[C@@H](C)C(=O)N2CCCc3ccccc32)cc1S(=O)(=O)N(C)C. The molecule has 0 fully saturated rings. The highest BCUT2D eigenvalue weighted by Crippen LogP contribution is 2.31. The first-order chi connectivity index (χ1) is 14.3. The number of carbonyl (C=O) groups is 1. The fourth-order valence-electron chi connectivity index (χ4n) is 3.58. The number of nitrogens with one attached hydrogen (secondary N) is 1. The lowest BCUT2D eigenvalue weighted by Crippen LogP contribution is -2.44. The van der Waals surface area contributed by atoms with E-state index in [0.717, 1.165) is 22.8 Å². The van der Waals surface area contributed by atoms with Crippen LogP contribution in [0, 0.1) is 0 Å². The minimum atomic E-state index is -3.70. The van der Waals surface area contributed by atoms with Gasteiger partial charge >= 0.3 is 0 Å². The maximum absolute atomic E-state index is 13.1. The van der Waals surface area contributed by atoms with Crippen molar-refractivity contribution in [1.29, 1.82) is 0 Å². The number of carbonyl (C=O) groups excluding carboxylic acids is 1. The highest BCUT2D eigenvalue weighted by Gasteiger charge is 2.27. The van der Waals surface area contributed by atoms with E-state index in [4.69, 9.17) is 4.74 Å². The van der Waals surface area contributed by atoms with Gasteiger partial charge in [-0.15, -0.1) is 0 Å². The minimum absolute atomic E-state index is 0.0481. The number of rotatable bonds is 7. The zero-order chi connectivity index (χ0) is 21.9. The van der Waals surface area contributed by atoms with Gasteiger partial charge in [0.1, 0.15) is 16.7 Å². The Labute approximate surface area is 178 Å². The lowest BCUT2D eigenvalue weighted by Gasteiger charge is -2.32. The van der Waals surface area contributed by atoms with Crippen LogP contribution in [-0.2, 0) is 21.2 Å².